The highest BCUT2D eigenvalue weighted by Crippen LogP contribution is 2.28. The van der Waals surface area contributed by atoms with E-state index >= 15 is 0 Å². The van der Waals surface area contributed by atoms with Crippen molar-refractivity contribution in [3.05, 3.63) is 48.0 Å². The summed E-state index contributed by atoms with van der Waals surface area (Å²) >= 11 is 0. The normalized spacial score (nSPS) is 12.9. The molecule has 2 nitrogen and oxygen atoms in total. The Kier molecular flexibility index (Phi) is 5.19. The number of hydrogen-bond donors (Lipinski definition) is 1. The fraction of sp³-hybridized carbons (Fsp3) is 0.333. The molecular formula is C18H23NO. The predicted octanol–water partition coefficient (Wildman–Crippen LogP) is 4.25. The molecule has 106 valence electrons. The number of nitrogens with one attached hydrogen (secondary N) is 1. The molecule has 0 fully saturated rings. The van der Waals surface area contributed by atoms with Gasteiger partial charge in [-0.2, -0.15) is 0 Å². The standard InChI is InChI=1S/C18H23NO/c1-4-13-19-14(2)9-10-15-11-12-18(20-3)17-8-6-5-7-16(15)17/h5-12,14,19H,4,13H2,1-3H3/b10-9+. The Bertz CT molecular complexity index is 589. The minimum Gasteiger partial charge on any atom is -0.496 e. The Labute approximate surface area is 121 Å². The van der Waals surface area contributed by atoms with E-state index in [9.17, 15) is 0 Å². The Balaban J connectivity index is 2.29. The average Bonchev–Trinajstić information content (AvgIpc) is 2.50. The maximum absolute atomic E-state index is 5.42. The molecular weight excluding hydrogens is 246 g/mol. The first kappa shape index (κ1) is 14.6. The van der Waals surface area contributed by atoms with Crippen molar-refractivity contribution in [1.29, 1.82) is 0 Å². The van der Waals surface area contributed by atoms with Gasteiger partial charge in [0.05, 0.1) is 7.11 Å². The van der Waals surface area contributed by atoms with Gasteiger partial charge < -0.3 is 10.1 Å². The molecule has 0 aliphatic carbocycles. The van der Waals surface area contributed by atoms with Crippen LogP contribution in [-0.4, -0.2) is 19.7 Å². The fourth-order valence-electron chi connectivity index (χ4n) is 2.31. The van der Waals surface area contributed by atoms with Crippen molar-refractivity contribution >= 4 is 16.8 Å². The van der Waals surface area contributed by atoms with Crippen LogP contribution in [0.25, 0.3) is 16.8 Å². The lowest BCUT2D eigenvalue weighted by molar-refractivity contribution is 0.420. The highest BCUT2D eigenvalue weighted by Gasteiger charge is 2.04. The topological polar surface area (TPSA) is 21.3 Å². The van der Waals surface area contributed by atoms with E-state index in [4.69, 9.17) is 4.74 Å². The van der Waals surface area contributed by atoms with Gasteiger partial charge in [0.25, 0.3) is 0 Å². The van der Waals surface area contributed by atoms with Crippen LogP contribution >= 0.6 is 0 Å². The van der Waals surface area contributed by atoms with E-state index in [1.165, 1.54) is 10.9 Å². The first-order valence-corrected chi connectivity index (χ1v) is 7.23. The van der Waals surface area contributed by atoms with Gasteiger partial charge in [0.2, 0.25) is 0 Å². The maximum atomic E-state index is 5.42. The molecule has 0 aromatic heterocycles. The molecule has 0 bridgehead atoms. The van der Waals surface area contributed by atoms with Gasteiger partial charge in [-0.05, 0) is 36.9 Å². The molecule has 0 radical (unpaired) electrons. The molecule has 0 amide bonds. The van der Waals surface area contributed by atoms with Crippen LogP contribution < -0.4 is 10.1 Å². The molecule has 0 spiro atoms. The van der Waals surface area contributed by atoms with Crippen LogP contribution in [0.15, 0.2) is 42.5 Å². The second-order valence-corrected chi connectivity index (χ2v) is 5.00. The van der Waals surface area contributed by atoms with Crippen LogP contribution in [0.1, 0.15) is 25.8 Å². The van der Waals surface area contributed by atoms with Crippen molar-refractivity contribution in [2.45, 2.75) is 26.3 Å². The van der Waals surface area contributed by atoms with Crippen LogP contribution in [0.5, 0.6) is 5.75 Å². The monoisotopic (exact) mass is 269 g/mol. The van der Waals surface area contributed by atoms with Gasteiger partial charge in [0.15, 0.2) is 0 Å². The molecule has 0 aliphatic heterocycles. The summed E-state index contributed by atoms with van der Waals surface area (Å²) in [7, 11) is 1.72. The number of fused-ring (bicyclic) bond motifs is 1. The molecule has 2 aromatic rings. The molecule has 1 N–H and O–H groups in total. The third kappa shape index (κ3) is 3.40. The minimum absolute atomic E-state index is 0.385. The van der Waals surface area contributed by atoms with E-state index in [2.05, 4.69) is 55.6 Å². The summed E-state index contributed by atoms with van der Waals surface area (Å²) in [5.41, 5.74) is 1.23. The third-order valence-corrected chi connectivity index (χ3v) is 3.42. The van der Waals surface area contributed by atoms with Gasteiger partial charge in [-0.1, -0.05) is 49.4 Å². The van der Waals surface area contributed by atoms with E-state index in [0.717, 1.165) is 24.1 Å². The molecule has 0 saturated heterocycles. The van der Waals surface area contributed by atoms with Crippen LogP contribution in [-0.2, 0) is 0 Å². The van der Waals surface area contributed by atoms with Gasteiger partial charge >= 0.3 is 0 Å². The van der Waals surface area contributed by atoms with Gasteiger partial charge in [-0.3, -0.25) is 0 Å². The molecule has 2 rings (SSSR count). The second-order valence-electron chi connectivity index (χ2n) is 5.00. The summed E-state index contributed by atoms with van der Waals surface area (Å²) in [5.74, 6) is 0.926. The Morgan fingerprint density at radius 1 is 1.15 bits per heavy atom. The largest absolute Gasteiger partial charge is 0.496 e. The van der Waals surface area contributed by atoms with Crippen LogP contribution in [0.3, 0.4) is 0 Å². The first-order chi connectivity index (χ1) is 9.76. The molecule has 2 aromatic carbocycles. The highest BCUT2D eigenvalue weighted by atomic mass is 16.5. The van der Waals surface area contributed by atoms with E-state index in [-0.39, 0.29) is 0 Å². The van der Waals surface area contributed by atoms with Crippen LogP contribution in [0, 0.1) is 0 Å². The summed E-state index contributed by atoms with van der Waals surface area (Å²) in [5, 5.41) is 5.85. The number of rotatable bonds is 6. The van der Waals surface area contributed by atoms with Crippen molar-refractivity contribution in [1.82, 2.24) is 5.32 Å². The van der Waals surface area contributed by atoms with Crippen LogP contribution in [0.2, 0.25) is 0 Å². The van der Waals surface area contributed by atoms with Crippen molar-refractivity contribution < 1.29 is 4.74 Å². The average molecular weight is 269 g/mol. The van der Waals surface area contributed by atoms with E-state index in [1.54, 1.807) is 7.11 Å². The molecule has 0 heterocycles. The number of benzene rings is 2. The summed E-state index contributed by atoms with van der Waals surface area (Å²) in [6, 6.07) is 12.9. The second kappa shape index (κ2) is 7.11. The lowest BCUT2D eigenvalue weighted by Gasteiger charge is -2.10. The van der Waals surface area contributed by atoms with Crippen molar-refractivity contribution in [2.75, 3.05) is 13.7 Å². The molecule has 20 heavy (non-hydrogen) atoms. The van der Waals surface area contributed by atoms with Crippen molar-refractivity contribution in [2.24, 2.45) is 0 Å². The third-order valence-electron chi connectivity index (χ3n) is 3.42. The Morgan fingerprint density at radius 3 is 2.60 bits per heavy atom. The van der Waals surface area contributed by atoms with Gasteiger partial charge in [-0.15, -0.1) is 0 Å². The minimum atomic E-state index is 0.385. The van der Waals surface area contributed by atoms with E-state index < -0.39 is 0 Å². The Hall–Kier alpha value is -1.80. The van der Waals surface area contributed by atoms with Crippen molar-refractivity contribution in [3.63, 3.8) is 0 Å². The fourth-order valence-corrected chi connectivity index (χ4v) is 2.31. The first-order valence-electron chi connectivity index (χ1n) is 7.23. The Morgan fingerprint density at radius 2 is 1.90 bits per heavy atom. The predicted molar refractivity (Wildman–Crippen MR) is 87.3 cm³/mol. The lowest BCUT2D eigenvalue weighted by atomic mass is 10.0. The summed E-state index contributed by atoms with van der Waals surface area (Å²) in [6.07, 6.45) is 5.56. The molecule has 2 heteroatoms. The summed E-state index contributed by atoms with van der Waals surface area (Å²) < 4.78 is 5.42. The number of ether oxygens (including phenoxy) is 1. The zero-order valence-corrected chi connectivity index (χ0v) is 12.5. The van der Waals surface area contributed by atoms with Gasteiger partial charge in [-0.25, -0.2) is 0 Å². The lowest BCUT2D eigenvalue weighted by Crippen LogP contribution is -2.24. The van der Waals surface area contributed by atoms with Crippen molar-refractivity contribution in [3.8, 4) is 5.75 Å². The smallest absolute Gasteiger partial charge is 0.126 e. The quantitative estimate of drug-likeness (QED) is 0.846. The summed E-state index contributed by atoms with van der Waals surface area (Å²) in [6.45, 7) is 5.41. The van der Waals surface area contributed by atoms with Gasteiger partial charge in [0, 0.05) is 11.4 Å². The zero-order valence-electron chi connectivity index (χ0n) is 12.5. The molecule has 1 atom stereocenters. The van der Waals surface area contributed by atoms with E-state index in [1.807, 2.05) is 12.1 Å². The number of methoxy groups -OCH3 is 1. The number of hydrogen-bond acceptors (Lipinski definition) is 2. The highest BCUT2D eigenvalue weighted by molar-refractivity contribution is 5.94. The molecule has 1 unspecified atom stereocenters. The zero-order chi connectivity index (χ0) is 14.4. The van der Waals surface area contributed by atoms with E-state index in [0.29, 0.717) is 6.04 Å². The van der Waals surface area contributed by atoms with Gasteiger partial charge in [0.1, 0.15) is 5.75 Å². The van der Waals surface area contributed by atoms with Crippen LogP contribution in [0.4, 0.5) is 0 Å². The SMILES string of the molecule is CCCNC(C)/C=C/c1ccc(OC)c2ccccc12. The molecule has 0 saturated carbocycles. The molecule has 0 aliphatic rings. The maximum Gasteiger partial charge on any atom is 0.126 e. The summed E-state index contributed by atoms with van der Waals surface area (Å²) in [4.78, 5) is 0.